The lowest BCUT2D eigenvalue weighted by atomic mass is 10.1. The van der Waals surface area contributed by atoms with Crippen molar-refractivity contribution in [2.24, 2.45) is 0 Å². The Hall–Kier alpha value is -2.54. The Labute approximate surface area is 136 Å². The summed E-state index contributed by atoms with van der Waals surface area (Å²) in [5, 5.41) is 11.0. The van der Waals surface area contributed by atoms with Gasteiger partial charge in [-0.25, -0.2) is 14.8 Å². The fraction of sp³-hybridized carbons (Fsp3) is 0.267. The van der Waals surface area contributed by atoms with E-state index in [9.17, 15) is 14.9 Å². The van der Waals surface area contributed by atoms with E-state index in [1.807, 2.05) is 6.92 Å². The Balaban J connectivity index is 1.79. The van der Waals surface area contributed by atoms with E-state index in [1.54, 1.807) is 0 Å². The molecule has 1 aliphatic rings. The number of carbonyl (C=O) groups excluding carboxylic acids is 1. The van der Waals surface area contributed by atoms with Crippen molar-refractivity contribution >= 4 is 23.3 Å². The summed E-state index contributed by atoms with van der Waals surface area (Å²) in [7, 11) is 0. The van der Waals surface area contributed by atoms with Gasteiger partial charge in [0.15, 0.2) is 0 Å². The van der Waals surface area contributed by atoms with Crippen LogP contribution < -0.4 is 0 Å². The molecule has 0 N–H and O–H groups in total. The molecule has 1 heterocycles. The van der Waals surface area contributed by atoms with Gasteiger partial charge in [-0.1, -0.05) is 18.5 Å². The fourth-order valence-electron chi connectivity index (χ4n) is 2.67. The molecule has 1 aliphatic carbocycles. The molecule has 0 aliphatic heterocycles. The monoisotopic (exact) mass is 333 g/mol. The van der Waals surface area contributed by atoms with Crippen LogP contribution in [0.2, 0.25) is 5.15 Å². The Morgan fingerprint density at radius 3 is 2.70 bits per heavy atom. The summed E-state index contributed by atoms with van der Waals surface area (Å²) in [6.07, 6.45) is 1.42. The van der Waals surface area contributed by atoms with E-state index in [2.05, 4.69) is 9.97 Å². The highest BCUT2D eigenvalue weighted by atomic mass is 35.5. The van der Waals surface area contributed by atoms with Gasteiger partial charge in [0.2, 0.25) is 0 Å². The van der Waals surface area contributed by atoms with Crippen molar-refractivity contribution < 1.29 is 14.5 Å². The molecule has 0 saturated heterocycles. The van der Waals surface area contributed by atoms with Gasteiger partial charge in [0.1, 0.15) is 17.6 Å². The third-order valence-corrected chi connectivity index (χ3v) is 4.10. The maximum Gasteiger partial charge on any atom is 0.338 e. The summed E-state index contributed by atoms with van der Waals surface area (Å²) < 4.78 is 5.49. The first-order chi connectivity index (χ1) is 11.0. The molecular formula is C15H12ClN3O4. The number of fused-ring (bicyclic) bond motifs is 1. The van der Waals surface area contributed by atoms with Crippen LogP contribution in [0.4, 0.5) is 5.69 Å². The Morgan fingerprint density at radius 1 is 1.35 bits per heavy atom. The predicted molar refractivity (Wildman–Crippen MR) is 81.3 cm³/mol. The molecule has 1 aromatic heterocycles. The van der Waals surface area contributed by atoms with Crippen molar-refractivity contribution in [2.45, 2.75) is 25.4 Å². The smallest absolute Gasteiger partial charge is 0.338 e. The van der Waals surface area contributed by atoms with Crippen molar-refractivity contribution in [1.82, 2.24) is 9.97 Å². The van der Waals surface area contributed by atoms with Crippen LogP contribution in [0.5, 0.6) is 0 Å². The zero-order chi connectivity index (χ0) is 16.6. The van der Waals surface area contributed by atoms with Crippen LogP contribution in [0.15, 0.2) is 30.6 Å². The van der Waals surface area contributed by atoms with Crippen LogP contribution in [-0.4, -0.2) is 20.9 Å². The van der Waals surface area contributed by atoms with Gasteiger partial charge in [0.25, 0.3) is 5.69 Å². The molecule has 8 heteroatoms. The van der Waals surface area contributed by atoms with E-state index in [1.165, 1.54) is 30.6 Å². The lowest BCUT2D eigenvalue weighted by Gasteiger charge is -2.12. The quantitative estimate of drug-likeness (QED) is 0.369. The lowest BCUT2D eigenvalue weighted by Crippen LogP contribution is -2.11. The van der Waals surface area contributed by atoms with Crippen molar-refractivity contribution in [1.29, 1.82) is 0 Å². The summed E-state index contributed by atoms with van der Waals surface area (Å²) in [6.45, 7) is 1.97. The largest absolute Gasteiger partial charge is 0.452 e. The standard InChI is InChI=1S/C15H12ClN3O4/c1-8-6-11(13-12(8)14(16)18-7-17-13)23-15(20)9-2-4-10(5-3-9)19(21)22/h2-5,7-8,11H,6H2,1H3/t8-,11?/m1/s1. The molecular weight excluding hydrogens is 322 g/mol. The number of benzene rings is 1. The normalized spacial score (nSPS) is 19.2. The lowest BCUT2D eigenvalue weighted by molar-refractivity contribution is -0.384. The number of carbonyl (C=O) groups is 1. The van der Waals surface area contributed by atoms with E-state index in [4.69, 9.17) is 16.3 Å². The number of halogens is 1. The van der Waals surface area contributed by atoms with E-state index in [0.29, 0.717) is 17.3 Å². The third-order valence-electron chi connectivity index (χ3n) is 3.79. The first-order valence-corrected chi connectivity index (χ1v) is 7.31. The van der Waals surface area contributed by atoms with E-state index >= 15 is 0 Å². The highest BCUT2D eigenvalue weighted by Gasteiger charge is 2.35. The number of rotatable bonds is 3. The summed E-state index contributed by atoms with van der Waals surface area (Å²) >= 11 is 6.08. The minimum atomic E-state index is -0.556. The summed E-state index contributed by atoms with van der Waals surface area (Å²) in [4.78, 5) is 30.4. The number of nitro groups is 1. The van der Waals surface area contributed by atoms with E-state index in [-0.39, 0.29) is 17.2 Å². The predicted octanol–water partition coefficient (Wildman–Crippen LogP) is 3.44. The number of nitro benzene ring substituents is 1. The number of hydrogen-bond donors (Lipinski definition) is 0. The van der Waals surface area contributed by atoms with E-state index in [0.717, 1.165) is 5.56 Å². The van der Waals surface area contributed by atoms with Crippen LogP contribution in [0.1, 0.15) is 47.0 Å². The molecule has 118 valence electrons. The highest BCUT2D eigenvalue weighted by molar-refractivity contribution is 6.30. The SMILES string of the molecule is C[C@@H]1CC(OC(=O)c2ccc([N+](=O)[O-])cc2)c2ncnc(Cl)c21. The van der Waals surface area contributed by atoms with Crippen LogP contribution in [-0.2, 0) is 4.74 Å². The Morgan fingerprint density at radius 2 is 2.04 bits per heavy atom. The summed E-state index contributed by atoms with van der Waals surface area (Å²) in [6, 6.07) is 5.27. The molecule has 0 spiro atoms. The number of aromatic nitrogens is 2. The average Bonchev–Trinajstić information content (AvgIpc) is 2.84. The molecule has 0 radical (unpaired) electrons. The topological polar surface area (TPSA) is 95.2 Å². The molecule has 23 heavy (non-hydrogen) atoms. The van der Waals surface area contributed by atoms with Gasteiger partial charge in [0.05, 0.1) is 16.2 Å². The second-order valence-electron chi connectivity index (χ2n) is 5.30. The van der Waals surface area contributed by atoms with Gasteiger partial charge in [-0.15, -0.1) is 0 Å². The van der Waals surface area contributed by atoms with Crippen molar-refractivity contribution in [3.05, 3.63) is 62.7 Å². The average molecular weight is 334 g/mol. The highest BCUT2D eigenvalue weighted by Crippen LogP contribution is 2.43. The van der Waals surface area contributed by atoms with Crippen molar-refractivity contribution in [3.8, 4) is 0 Å². The van der Waals surface area contributed by atoms with Gasteiger partial charge in [-0.2, -0.15) is 0 Å². The van der Waals surface area contributed by atoms with E-state index < -0.39 is 17.0 Å². The van der Waals surface area contributed by atoms with Crippen molar-refractivity contribution in [2.75, 3.05) is 0 Å². The molecule has 2 atom stereocenters. The number of ether oxygens (including phenoxy) is 1. The maximum absolute atomic E-state index is 12.2. The molecule has 0 saturated carbocycles. The molecule has 1 unspecified atom stereocenters. The minimum Gasteiger partial charge on any atom is -0.452 e. The van der Waals surface area contributed by atoms with Crippen molar-refractivity contribution in [3.63, 3.8) is 0 Å². The minimum absolute atomic E-state index is 0.0825. The second kappa shape index (κ2) is 5.92. The molecule has 7 nitrogen and oxygen atoms in total. The Kier molecular flexibility index (Phi) is 3.96. The molecule has 0 bridgehead atoms. The Bertz CT molecular complexity index is 779. The van der Waals surface area contributed by atoms with Gasteiger partial charge in [-0.05, 0) is 24.5 Å². The molecule has 3 rings (SSSR count). The molecule has 0 fully saturated rings. The first kappa shape index (κ1) is 15.4. The summed E-state index contributed by atoms with van der Waals surface area (Å²) in [5.74, 6) is -0.465. The van der Waals surface area contributed by atoms with Crippen LogP contribution >= 0.6 is 11.6 Å². The first-order valence-electron chi connectivity index (χ1n) is 6.93. The second-order valence-corrected chi connectivity index (χ2v) is 5.66. The van der Waals surface area contributed by atoms with Gasteiger partial charge < -0.3 is 4.74 Å². The zero-order valence-corrected chi connectivity index (χ0v) is 12.9. The summed E-state index contributed by atoms with van der Waals surface area (Å²) in [5.41, 5.74) is 1.58. The van der Waals surface area contributed by atoms with Gasteiger partial charge in [0, 0.05) is 17.7 Å². The van der Waals surface area contributed by atoms with Crippen LogP contribution in [0.25, 0.3) is 0 Å². The van der Waals surface area contributed by atoms with Gasteiger partial charge in [-0.3, -0.25) is 10.1 Å². The van der Waals surface area contributed by atoms with Gasteiger partial charge >= 0.3 is 5.97 Å². The number of non-ortho nitro benzene ring substituents is 1. The van der Waals surface area contributed by atoms with Crippen LogP contribution in [0.3, 0.4) is 0 Å². The molecule has 0 amide bonds. The number of nitrogens with zero attached hydrogens (tertiary/aromatic N) is 3. The molecule has 1 aromatic carbocycles. The fourth-order valence-corrected chi connectivity index (χ4v) is 3.00. The maximum atomic E-state index is 12.2. The zero-order valence-electron chi connectivity index (χ0n) is 12.1. The third kappa shape index (κ3) is 2.87. The molecule has 2 aromatic rings. The van der Waals surface area contributed by atoms with Crippen LogP contribution in [0, 0.1) is 10.1 Å². The number of esters is 1. The number of hydrogen-bond acceptors (Lipinski definition) is 6.